The summed E-state index contributed by atoms with van der Waals surface area (Å²) in [5.74, 6) is 0.176. The molecule has 0 spiro atoms. The van der Waals surface area contributed by atoms with Crippen LogP contribution in [0.1, 0.15) is 33.6 Å². The second-order valence-corrected chi connectivity index (χ2v) is 5.01. The van der Waals surface area contributed by atoms with E-state index in [2.05, 4.69) is 36.2 Å². The molecule has 1 aliphatic carbocycles. The van der Waals surface area contributed by atoms with Crippen LogP contribution in [0.2, 0.25) is 0 Å². The largest absolute Gasteiger partial charge is 0.411 e. The first kappa shape index (κ1) is 12.5. The van der Waals surface area contributed by atoms with Gasteiger partial charge >= 0.3 is 0 Å². The summed E-state index contributed by atoms with van der Waals surface area (Å²) in [5.41, 5.74) is 0.556. The normalized spacial score (nSPS) is 30.2. The molecule has 90 valence electrons. The van der Waals surface area contributed by atoms with Crippen molar-refractivity contribution < 1.29 is 15.6 Å². The standard InChI is InChI=1S/C10H17N3O3/c1-10(2,3)6-4-7(11-14)9(13-16)8(5-6)12-15/h6,14-16H,4-5H2,1-3H3/b11-7+,12-8?,13-9?. The first-order chi connectivity index (χ1) is 7.43. The van der Waals surface area contributed by atoms with Crippen molar-refractivity contribution in [1.82, 2.24) is 0 Å². The second kappa shape index (κ2) is 4.51. The second-order valence-electron chi connectivity index (χ2n) is 5.01. The van der Waals surface area contributed by atoms with Crippen LogP contribution in [0, 0.1) is 11.3 Å². The van der Waals surface area contributed by atoms with Gasteiger partial charge in [0, 0.05) is 0 Å². The molecule has 0 heterocycles. The lowest BCUT2D eigenvalue weighted by atomic mass is 9.70. The molecule has 16 heavy (non-hydrogen) atoms. The lowest BCUT2D eigenvalue weighted by Gasteiger charge is -2.34. The minimum absolute atomic E-state index is 0.00708. The molecule has 0 aliphatic heterocycles. The minimum Gasteiger partial charge on any atom is -0.411 e. The van der Waals surface area contributed by atoms with E-state index in [-0.39, 0.29) is 28.5 Å². The van der Waals surface area contributed by atoms with Crippen molar-refractivity contribution in [2.75, 3.05) is 0 Å². The third-order valence-corrected chi connectivity index (χ3v) is 2.99. The number of nitrogens with zero attached hydrogens (tertiary/aromatic N) is 3. The quantitative estimate of drug-likeness (QED) is 0.435. The number of hydrogen-bond donors (Lipinski definition) is 3. The topological polar surface area (TPSA) is 97.8 Å². The van der Waals surface area contributed by atoms with E-state index in [0.29, 0.717) is 12.8 Å². The van der Waals surface area contributed by atoms with Gasteiger partial charge in [-0.15, -0.1) is 0 Å². The molecule has 1 atom stereocenters. The Balaban J connectivity index is 3.07. The third-order valence-electron chi connectivity index (χ3n) is 2.99. The van der Waals surface area contributed by atoms with Crippen molar-refractivity contribution in [3.8, 4) is 0 Å². The molecule has 0 saturated heterocycles. The SMILES string of the molecule is CC(C)(C)C1CC(=NO)C(=NO)/C(=N/O)C1. The Morgan fingerprint density at radius 3 is 1.62 bits per heavy atom. The van der Waals surface area contributed by atoms with E-state index < -0.39 is 0 Å². The predicted octanol–water partition coefficient (Wildman–Crippen LogP) is 1.93. The van der Waals surface area contributed by atoms with E-state index >= 15 is 0 Å². The number of oxime groups is 3. The Morgan fingerprint density at radius 2 is 1.38 bits per heavy atom. The third kappa shape index (κ3) is 2.32. The molecular weight excluding hydrogens is 210 g/mol. The molecule has 1 aliphatic rings. The molecule has 0 aromatic heterocycles. The molecule has 1 rings (SSSR count). The highest BCUT2D eigenvalue weighted by atomic mass is 16.4. The molecule has 0 bridgehead atoms. The molecule has 0 aromatic carbocycles. The van der Waals surface area contributed by atoms with Gasteiger partial charge in [0.05, 0.1) is 0 Å². The van der Waals surface area contributed by atoms with Crippen LogP contribution in [0.15, 0.2) is 15.5 Å². The van der Waals surface area contributed by atoms with E-state index in [9.17, 15) is 0 Å². The molecule has 1 unspecified atom stereocenters. The minimum atomic E-state index is -0.00708. The zero-order valence-corrected chi connectivity index (χ0v) is 9.67. The Bertz CT molecular complexity index is 329. The van der Waals surface area contributed by atoms with Gasteiger partial charge in [0.2, 0.25) is 0 Å². The van der Waals surface area contributed by atoms with Gasteiger partial charge in [-0.05, 0) is 24.2 Å². The summed E-state index contributed by atoms with van der Waals surface area (Å²) in [6, 6.07) is 0. The molecule has 3 N–H and O–H groups in total. The predicted molar refractivity (Wildman–Crippen MR) is 59.8 cm³/mol. The van der Waals surface area contributed by atoms with Crippen molar-refractivity contribution in [3.05, 3.63) is 0 Å². The number of rotatable bonds is 0. The van der Waals surface area contributed by atoms with E-state index in [1.54, 1.807) is 0 Å². The summed E-state index contributed by atoms with van der Waals surface area (Å²) in [6.07, 6.45) is 0.997. The summed E-state index contributed by atoms with van der Waals surface area (Å²) in [4.78, 5) is 0. The summed E-state index contributed by atoms with van der Waals surface area (Å²) < 4.78 is 0. The maximum atomic E-state index is 8.85. The fraction of sp³-hybridized carbons (Fsp3) is 0.700. The number of hydrogen-bond acceptors (Lipinski definition) is 6. The first-order valence-electron chi connectivity index (χ1n) is 5.08. The van der Waals surface area contributed by atoms with Crippen LogP contribution in [-0.2, 0) is 0 Å². The average molecular weight is 227 g/mol. The molecular formula is C10H17N3O3. The fourth-order valence-electron chi connectivity index (χ4n) is 1.80. The molecule has 0 aromatic rings. The van der Waals surface area contributed by atoms with E-state index in [4.69, 9.17) is 15.6 Å². The van der Waals surface area contributed by atoms with Gasteiger partial charge in [0.25, 0.3) is 0 Å². The summed E-state index contributed by atoms with van der Waals surface area (Å²) in [6.45, 7) is 6.17. The van der Waals surface area contributed by atoms with Crippen LogP contribution in [0.25, 0.3) is 0 Å². The first-order valence-corrected chi connectivity index (χ1v) is 5.08. The summed E-state index contributed by atoms with van der Waals surface area (Å²) in [5, 5.41) is 35.7. The highest BCUT2D eigenvalue weighted by molar-refractivity contribution is 6.69. The van der Waals surface area contributed by atoms with Crippen molar-refractivity contribution in [2.24, 2.45) is 26.8 Å². The van der Waals surface area contributed by atoms with Gasteiger partial charge in [-0.2, -0.15) is 0 Å². The van der Waals surface area contributed by atoms with Gasteiger partial charge in [-0.1, -0.05) is 36.2 Å². The average Bonchev–Trinajstić information content (AvgIpc) is 2.25. The van der Waals surface area contributed by atoms with Crippen molar-refractivity contribution in [3.63, 3.8) is 0 Å². The lowest BCUT2D eigenvalue weighted by Crippen LogP contribution is -2.39. The van der Waals surface area contributed by atoms with Crippen LogP contribution in [-0.4, -0.2) is 32.8 Å². The lowest BCUT2D eigenvalue weighted by molar-refractivity contribution is 0.244. The molecule has 6 nitrogen and oxygen atoms in total. The van der Waals surface area contributed by atoms with Crippen LogP contribution < -0.4 is 0 Å². The van der Waals surface area contributed by atoms with E-state index in [1.807, 2.05) is 0 Å². The summed E-state index contributed by atoms with van der Waals surface area (Å²) >= 11 is 0. The zero-order valence-electron chi connectivity index (χ0n) is 9.67. The van der Waals surface area contributed by atoms with Gasteiger partial charge in [0.15, 0.2) is 5.71 Å². The molecule has 0 radical (unpaired) electrons. The Kier molecular flexibility index (Phi) is 3.51. The molecule has 1 saturated carbocycles. The van der Waals surface area contributed by atoms with Gasteiger partial charge in [-0.3, -0.25) is 0 Å². The maximum Gasteiger partial charge on any atom is 0.152 e. The highest BCUT2D eigenvalue weighted by Gasteiger charge is 2.36. The van der Waals surface area contributed by atoms with Crippen LogP contribution in [0.5, 0.6) is 0 Å². The Hall–Kier alpha value is -1.59. The summed E-state index contributed by atoms with van der Waals surface area (Å²) in [7, 11) is 0. The van der Waals surface area contributed by atoms with Crippen LogP contribution in [0.3, 0.4) is 0 Å². The van der Waals surface area contributed by atoms with E-state index in [0.717, 1.165) is 0 Å². The van der Waals surface area contributed by atoms with Crippen LogP contribution in [0.4, 0.5) is 0 Å². The maximum absolute atomic E-state index is 8.85. The fourth-order valence-corrected chi connectivity index (χ4v) is 1.80. The van der Waals surface area contributed by atoms with Crippen molar-refractivity contribution in [1.29, 1.82) is 0 Å². The molecule has 6 heteroatoms. The molecule has 1 fully saturated rings. The Morgan fingerprint density at radius 1 is 0.938 bits per heavy atom. The zero-order chi connectivity index (χ0) is 12.3. The van der Waals surface area contributed by atoms with Gasteiger partial charge < -0.3 is 15.6 Å². The smallest absolute Gasteiger partial charge is 0.152 e. The van der Waals surface area contributed by atoms with Crippen molar-refractivity contribution >= 4 is 17.1 Å². The van der Waals surface area contributed by atoms with Gasteiger partial charge in [0.1, 0.15) is 11.4 Å². The Labute approximate surface area is 93.9 Å². The van der Waals surface area contributed by atoms with Crippen LogP contribution >= 0.6 is 0 Å². The monoisotopic (exact) mass is 227 g/mol. The van der Waals surface area contributed by atoms with Crippen molar-refractivity contribution in [2.45, 2.75) is 33.6 Å². The molecule has 0 amide bonds. The van der Waals surface area contributed by atoms with Gasteiger partial charge in [-0.25, -0.2) is 0 Å². The van der Waals surface area contributed by atoms with E-state index in [1.165, 1.54) is 0 Å². The highest BCUT2D eigenvalue weighted by Crippen LogP contribution is 2.35.